The molecule has 0 unspecified atom stereocenters. The summed E-state index contributed by atoms with van der Waals surface area (Å²) in [5, 5.41) is 18.0. The molecule has 3 N–H and O–H groups in total. The Morgan fingerprint density at radius 2 is 2.12 bits per heavy atom. The van der Waals surface area contributed by atoms with E-state index in [1.165, 1.54) is 25.7 Å². The zero-order chi connectivity index (χ0) is 18.7. The molecule has 0 amide bonds. The molecule has 3 rings (SSSR count). The van der Waals surface area contributed by atoms with Crippen molar-refractivity contribution < 1.29 is 9.84 Å². The third-order valence-electron chi connectivity index (χ3n) is 5.03. The summed E-state index contributed by atoms with van der Waals surface area (Å²) in [5.74, 6) is 2.19. The number of aliphatic hydroxyl groups is 1. The average Bonchev–Trinajstić information content (AvgIpc) is 2.98. The summed E-state index contributed by atoms with van der Waals surface area (Å²) in [4.78, 5) is 0. The van der Waals surface area contributed by atoms with Crippen LogP contribution in [0, 0.1) is 11.8 Å². The van der Waals surface area contributed by atoms with E-state index in [0.29, 0.717) is 35.1 Å². The lowest BCUT2D eigenvalue weighted by Gasteiger charge is -2.26. The summed E-state index contributed by atoms with van der Waals surface area (Å²) >= 11 is 0. The van der Waals surface area contributed by atoms with Gasteiger partial charge in [-0.1, -0.05) is 45.1 Å². The van der Waals surface area contributed by atoms with Crippen LogP contribution in [0.3, 0.4) is 0 Å². The van der Waals surface area contributed by atoms with E-state index in [-0.39, 0.29) is 11.7 Å². The lowest BCUT2D eigenvalue weighted by atomic mass is 9.83. The number of hydrogen-bond acceptors (Lipinski definition) is 5. The Kier molecular flexibility index (Phi) is 5.30. The molecule has 1 saturated carbocycles. The minimum absolute atomic E-state index is 0.0627. The van der Waals surface area contributed by atoms with Crippen molar-refractivity contribution in [2.75, 3.05) is 12.3 Å². The maximum absolute atomic E-state index is 10.0. The molecule has 2 aromatic rings. The van der Waals surface area contributed by atoms with Gasteiger partial charge in [0.15, 0.2) is 5.65 Å². The molecule has 0 atom stereocenters. The number of nitrogen functional groups attached to an aromatic ring is 1. The molecule has 0 radical (unpaired) electrons. The van der Waals surface area contributed by atoms with Gasteiger partial charge in [0, 0.05) is 23.4 Å². The molecule has 0 saturated heterocycles. The topological polar surface area (TPSA) is 85.7 Å². The molecule has 2 heterocycles. The lowest BCUT2D eigenvalue weighted by Crippen LogP contribution is -2.19. The van der Waals surface area contributed by atoms with Crippen LogP contribution in [0.1, 0.15) is 38.2 Å². The van der Waals surface area contributed by atoms with Crippen LogP contribution >= 0.6 is 0 Å². The minimum atomic E-state index is -0.0627. The highest BCUT2D eigenvalue weighted by molar-refractivity contribution is 5.81. The summed E-state index contributed by atoms with van der Waals surface area (Å²) < 4.78 is 7.81. The van der Waals surface area contributed by atoms with E-state index < -0.39 is 0 Å². The Labute approximate surface area is 153 Å². The number of aliphatic hydroxyl groups excluding tert-OH is 1. The number of aromatic nitrogens is 3. The van der Waals surface area contributed by atoms with Gasteiger partial charge in [-0.15, -0.1) is 10.2 Å². The quantitative estimate of drug-likeness (QED) is 0.601. The molecular formula is C20H26N4O2. The van der Waals surface area contributed by atoms with Crippen molar-refractivity contribution in [3.8, 4) is 5.75 Å². The fourth-order valence-electron chi connectivity index (χ4n) is 3.42. The lowest BCUT2D eigenvalue weighted by molar-refractivity contribution is 0.187. The molecule has 0 spiro atoms. The van der Waals surface area contributed by atoms with E-state index in [9.17, 15) is 5.11 Å². The summed E-state index contributed by atoms with van der Waals surface area (Å²) in [7, 11) is 0. The first-order chi connectivity index (χ1) is 12.5. The molecule has 0 aromatic carbocycles. The predicted octanol–water partition coefficient (Wildman–Crippen LogP) is 4.16. The van der Waals surface area contributed by atoms with Crippen LogP contribution in [0.2, 0.25) is 0 Å². The zero-order valence-electron chi connectivity index (χ0n) is 15.2. The summed E-state index contributed by atoms with van der Waals surface area (Å²) in [5.41, 5.74) is 7.68. The largest absolute Gasteiger partial charge is 0.508 e. The number of allylic oxidation sites excluding steroid dienone is 3. The Hall–Kier alpha value is -2.76. The van der Waals surface area contributed by atoms with Gasteiger partial charge in [-0.25, -0.2) is 0 Å². The SMILES string of the molecule is C=C/C=C(\C(=C)O)c1cn2c(N)nnc2cc1OC[C@H]1CC[C@H](C)CC1. The van der Waals surface area contributed by atoms with Gasteiger partial charge >= 0.3 is 0 Å². The van der Waals surface area contributed by atoms with Crippen molar-refractivity contribution in [1.29, 1.82) is 0 Å². The number of hydrogen-bond donors (Lipinski definition) is 2. The maximum Gasteiger partial charge on any atom is 0.226 e. The average molecular weight is 354 g/mol. The number of nitrogens with zero attached hydrogens (tertiary/aromatic N) is 3. The molecule has 6 nitrogen and oxygen atoms in total. The van der Waals surface area contributed by atoms with Gasteiger partial charge in [0.05, 0.1) is 6.61 Å². The molecule has 2 aromatic heterocycles. The summed E-state index contributed by atoms with van der Waals surface area (Å²) in [6, 6.07) is 1.80. The van der Waals surface area contributed by atoms with Crippen molar-refractivity contribution in [3.05, 3.63) is 48.9 Å². The van der Waals surface area contributed by atoms with E-state index in [1.54, 1.807) is 28.8 Å². The molecular weight excluding hydrogens is 328 g/mol. The van der Waals surface area contributed by atoms with E-state index in [4.69, 9.17) is 10.5 Å². The molecule has 1 aliphatic carbocycles. The molecule has 0 bridgehead atoms. The monoisotopic (exact) mass is 354 g/mol. The second-order valence-corrected chi connectivity index (χ2v) is 7.04. The molecule has 26 heavy (non-hydrogen) atoms. The maximum atomic E-state index is 10.0. The Balaban J connectivity index is 1.94. The number of ether oxygens (including phenoxy) is 1. The van der Waals surface area contributed by atoms with Gasteiger partial charge in [-0.05, 0) is 24.7 Å². The fourth-order valence-corrected chi connectivity index (χ4v) is 3.42. The van der Waals surface area contributed by atoms with Crippen LogP contribution in [0.4, 0.5) is 5.95 Å². The first-order valence-electron chi connectivity index (χ1n) is 8.98. The van der Waals surface area contributed by atoms with Crippen LogP contribution in [0.5, 0.6) is 5.75 Å². The van der Waals surface area contributed by atoms with Gasteiger partial charge in [0.2, 0.25) is 5.95 Å². The number of pyridine rings is 1. The van der Waals surface area contributed by atoms with Gasteiger partial charge < -0.3 is 15.6 Å². The van der Waals surface area contributed by atoms with Crippen LogP contribution in [-0.2, 0) is 0 Å². The third kappa shape index (κ3) is 3.74. The van der Waals surface area contributed by atoms with Gasteiger partial charge in [0.25, 0.3) is 0 Å². The predicted molar refractivity (Wildman–Crippen MR) is 104 cm³/mol. The zero-order valence-corrected chi connectivity index (χ0v) is 15.2. The van der Waals surface area contributed by atoms with Crippen LogP contribution in [0.25, 0.3) is 11.2 Å². The number of rotatable bonds is 6. The van der Waals surface area contributed by atoms with Crippen molar-refractivity contribution >= 4 is 17.2 Å². The van der Waals surface area contributed by atoms with Crippen LogP contribution in [-0.4, -0.2) is 26.3 Å². The smallest absolute Gasteiger partial charge is 0.226 e. The molecule has 1 aliphatic rings. The molecule has 6 heteroatoms. The van der Waals surface area contributed by atoms with Gasteiger partial charge in [-0.2, -0.15) is 0 Å². The second-order valence-electron chi connectivity index (χ2n) is 7.04. The van der Waals surface area contributed by atoms with Crippen molar-refractivity contribution in [2.45, 2.75) is 32.6 Å². The minimum Gasteiger partial charge on any atom is -0.508 e. The van der Waals surface area contributed by atoms with Gasteiger partial charge in [-0.3, -0.25) is 4.40 Å². The van der Waals surface area contributed by atoms with Crippen LogP contribution in [0.15, 0.2) is 43.3 Å². The van der Waals surface area contributed by atoms with Crippen molar-refractivity contribution in [2.24, 2.45) is 11.8 Å². The number of fused-ring (bicyclic) bond motifs is 1. The standard InChI is InChI=1S/C20H26N4O2/c1-4-5-16(14(3)25)17-11-24-19(22-23-20(24)21)10-18(17)26-12-15-8-6-13(2)7-9-15/h4-5,10-11,13,15,25H,1,3,6-9,12H2,2H3,(H2,21,23)/b16-5+/t13-,15-. The Morgan fingerprint density at radius 3 is 2.77 bits per heavy atom. The Morgan fingerprint density at radius 1 is 1.38 bits per heavy atom. The highest BCUT2D eigenvalue weighted by Gasteiger charge is 2.21. The first kappa shape index (κ1) is 18.0. The molecule has 138 valence electrons. The molecule has 0 aliphatic heterocycles. The first-order valence-corrected chi connectivity index (χ1v) is 8.98. The van der Waals surface area contributed by atoms with Crippen LogP contribution < -0.4 is 10.5 Å². The van der Waals surface area contributed by atoms with Crippen molar-refractivity contribution in [1.82, 2.24) is 14.6 Å². The third-order valence-corrected chi connectivity index (χ3v) is 5.03. The van der Waals surface area contributed by atoms with E-state index in [2.05, 4.69) is 30.3 Å². The summed E-state index contributed by atoms with van der Waals surface area (Å²) in [6.07, 6.45) is 9.91. The van der Waals surface area contributed by atoms with Crippen molar-refractivity contribution in [3.63, 3.8) is 0 Å². The number of anilines is 1. The highest BCUT2D eigenvalue weighted by atomic mass is 16.5. The Bertz CT molecular complexity index is 845. The molecule has 1 fully saturated rings. The fraction of sp³-hybridized carbons (Fsp3) is 0.400. The normalized spacial score (nSPS) is 20.9. The highest BCUT2D eigenvalue weighted by Crippen LogP contribution is 2.33. The summed E-state index contributed by atoms with van der Waals surface area (Å²) in [6.45, 7) is 10.3. The van der Waals surface area contributed by atoms with E-state index in [1.807, 2.05) is 0 Å². The van der Waals surface area contributed by atoms with E-state index >= 15 is 0 Å². The van der Waals surface area contributed by atoms with Gasteiger partial charge in [0.1, 0.15) is 11.5 Å². The van der Waals surface area contributed by atoms with E-state index in [0.717, 1.165) is 5.92 Å². The number of nitrogens with two attached hydrogens (primary N) is 1. The second kappa shape index (κ2) is 7.64.